The number of nitrogens with zero attached hydrogens (tertiary/aromatic N) is 4. The number of benzene rings is 2. The minimum Gasteiger partial charge on any atom is -0.307 e. The molecular weight excluding hydrogens is 389 g/mol. The van der Waals surface area contributed by atoms with E-state index < -0.39 is 0 Å². The van der Waals surface area contributed by atoms with Gasteiger partial charge in [0.2, 0.25) is 0 Å². The molecule has 0 atom stereocenters. The van der Waals surface area contributed by atoms with Crippen LogP contribution in [0.3, 0.4) is 0 Å². The standard InChI is InChI=1S/C22H19ClFN5/c23-20-11-19(24)9-8-18(20)15-29-27-21(14-26-13-16-5-4-10-25-12-16)22(28-29)17-6-2-1-3-7-17/h1-12,26H,13-15H2. The molecule has 0 fully saturated rings. The van der Waals surface area contributed by atoms with Gasteiger partial charge in [-0.1, -0.05) is 54.1 Å². The summed E-state index contributed by atoms with van der Waals surface area (Å²) in [5.41, 5.74) is 4.49. The highest BCUT2D eigenvalue weighted by atomic mass is 35.5. The van der Waals surface area contributed by atoms with Crippen molar-refractivity contribution in [3.8, 4) is 11.3 Å². The minimum absolute atomic E-state index is 0.361. The first-order valence-electron chi connectivity index (χ1n) is 9.22. The maximum absolute atomic E-state index is 13.3. The van der Waals surface area contributed by atoms with Crippen molar-refractivity contribution in [2.24, 2.45) is 0 Å². The molecule has 0 spiro atoms. The fourth-order valence-electron chi connectivity index (χ4n) is 3.02. The lowest BCUT2D eigenvalue weighted by Gasteiger charge is -2.04. The van der Waals surface area contributed by atoms with Crippen LogP contribution in [0.15, 0.2) is 73.1 Å². The van der Waals surface area contributed by atoms with Crippen LogP contribution in [0.2, 0.25) is 5.02 Å². The molecule has 2 aromatic heterocycles. The second-order valence-electron chi connectivity index (χ2n) is 6.59. The molecule has 7 heteroatoms. The van der Waals surface area contributed by atoms with Crippen molar-refractivity contribution in [1.29, 1.82) is 0 Å². The average molecular weight is 408 g/mol. The van der Waals surface area contributed by atoms with E-state index in [9.17, 15) is 4.39 Å². The molecule has 2 heterocycles. The van der Waals surface area contributed by atoms with Gasteiger partial charge in [-0.05, 0) is 29.3 Å². The molecule has 146 valence electrons. The molecule has 0 saturated heterocycles. The Bertz CT molecular complexity index is 1080. The molecule has 0 amide bonds. The van der Waals surface area contributed by atoms with Gasteiger partial charge in [0.15, 0.2) is 0 Å². The maximum atomic E-state index is 13.3. The van der Waals surface area contributed by atoms with E-state index in [1.807, 2.05) is 48.7 Å². The van der Waals surface area contributed by atoms with Gasteiger partial charge in [0.1, 0.15) is 17.2 Å². The van der Waals surface area contributed by atoms with Gasteiger partial charge in [0.05, 0.1) is 6.54 Å². The van der Waals surface area contributed by atoms with Crippen LogP contribution in [0, 0.1) is 5.82 Å². The van der Waals surface area contributed by atoms with Crippen LogP contribution in [-0.2, 0) is 19.6 Å². The number of nitrogens with one attached hydrogen (secondary N) is 1. The van der Waals surface area contributed by atoms with E-state index >= 15 is 0 Å². The lowest BCUT2D eigenvalue weighted by Crippen LogP contribution is -2.14. The number of hydrogen-bond donors (Lipinski definition) is 1. The van der Waals surface area contributed by atoms with Crippen molar-refractivity contribution in [2.75, 3.05) is 0 Å². The van der Waals surface area contributed by atoms with Crippen LogP contribution < -0.4 is 5.32 Å². The quantitative estimate of drug-likeness (QED) is 0.491. The zero-order valence-corrected chi connectivity index (χ0v) is 16.4. The summed E-state index contributed by atoms with van der Waals surface area (Å²) in [7, 11) is 0. The summed E-state index contributed by atoms with van der Waals surface area (Å²) >= 11 is 6.17. The molecule has 2 aromatic carbocycles. The van der Waals surface area contributed by atoms with Gasteiger partial charge in [-0.15, -0.1) is 0 Å². The third-order valence-corrected chi connectivity index (χ3v) is 4.80. The van der Waals surface area contributed by atoms with Crippen molar-refractivity contribution in [3.63, 3.8) is 0 Å². The predicted octanol–water partition coefficient (Wildman–Crippen LogP) is 4.47. The van der Waals surface area contributed by atoms with Gasteiger partial charge in [0.25, 0.3) is 0 Å². The van der Waals surface area contributed by atoms with Gasteiger partial charge in [-0.3, -0.25) is 4.98 Å². The number of hydrogen-bond acceptors (Lipinski definition) is 4. The van der Waals surface area contributed by atoms with E-state index in [1.54, 1.807) is 17.1 Å². The van der Waals surface area contributed by atoms with E-state index in [0.717, 1.165) is 28.1 Å². The Morgan fingerprint density at radius 1 is 0.966 bits per heavy atom. The molecular formula is C22H19ClFN5. The Balaban J connectivity index is 1.57. The number of pyridine rings is 1. The molecule has 29 heavy (non-hydrogen) atoms. The van der Waals surface area contributed by atoms with Crippen LogP contribution in [0.1, 0.15) is 16.8 Å². The van der Waals surface area contributed by atoms with E-state index in [-0.39, 0.29) is 5.82 Å². The average Bonchev–Trinajstić information content (AvgIpc) is 3.14. The Labute approximate surface area is 173 Å². The highest BCUT2D eigenvalue weighted by molar-refractivity contribution is 6.31. The molecule has 0 radical (unpaired) electrons. The molecule has 4 rings (SSSR count). The van der Waals surface area contributed by atoms with Gasteiger partial charge >= 0.3 is 0 Å². The van der Waals surface area contributed by atoms with Crippen molar-refractivity contribution < 1.29 is 4.39 Å². The Morgan fingerprint density at radius 2 is 1.83 bits per heavy atom. The van der Waals surface area contributed by atoms with Crippen molar-refractivity contribution in [1.82, 2.24) is 25.3 Å². The Kier molecular flexibility index (Phi) is 5.93. The third kappa shape index (κ3) is 4.85. The number of aromatic nitrogens is 4. The highest BCUT2D eigenvalue weighted by Gasteiger charge is 2.14. The van der Waals surface area contributed by atoms with Crippen LogP contribution in [0.25, 0.3) is 11.3 Å². The smallest absolute Gasteiger partial charge is 0.124 e. The first-order valence-corrected chi connectivity index (χ1v) is 9.60. The summed E-state index contributed by atoms with van der Waals surface area (Å²) in [5.74, 6) is -0.363. The van der Waals surface area contributed by atoms with E-state index in [4.69, 9.17) is 11.6 Å². The van der Waals surface area contributed by atoms with Crippen LogP contribution in [0.5, 0.6) is 0 Å². The molecule has 4 aromatic rings. The van der Waals surface area contributed by atoms with Crippen molar-refractivity contribution in [2.45, 2.75) is 19.6 Å². The monoisotopic (exact) mass is 407 g/mol. The Hall–Kier alpha value is -3.09. The minimum atomic E-state index is -0.363. The second kappa shape index (κ2) is 8.94. The van der Waals surface area contributed by atoms with Crippen LogP contribution >= 0.6 is 11.6 Å². The third-order valence-electron chi connectivity index (χ3n) is 4.44. The summed E-state index contributed by atoms with van der Waals surface area (Å²) in [4.78, 5) is 5.73. The normalized spacial score (nSPS) is 11.0. The zero-order chi connectivity index (χ0) is 20.1. The molecule has 0 unspecified atom stereocenters. The molecule has 5 nitrogen and oxygen atoms in total. The molecule has 1 N–H and O–H groups in total. The zero-order valence-electron chi connectivity index (χ0n) is 15.6. The largest absolute Gasteiger partial charge is 0.307 e. The highest BCUT2D eigenvalue weighted by Crippen LogP contribution is 2.22. The summed E-state index contributed by atoms with van der Waals surface area (Å²) in [5, 5.41) is 13.1. The van der Waals surface area contributed by atoms with Gasteiger partial charge < -0.3 is 5.32 Å². The fraction of sp³-hybridized carbons (Fsp3) is 0.136. The number of rotatable bonds is 7. The first kappa shape index (κ1) is 19.2. The molecule has 0 aliphatic rings. The lowest BCUT2D eigenvalue weighted by molar-refractivity contribution is 0.574. The van der Waals surface area contributed by atoms with Gasteiger partial charge in [0, 0.05) is 36.1 Å². The first-order chi connectivity index (χ1) is 14.2. The van der Waals surface area contributed by atoms with Crippen molar-refractivity contribution in [3.05, 3.63) is 101 Å². The molecule has 0 aliphatic carbocycles. The van der Waals surface area contributed by atoms with Crippen LogP contribution in [-0.4, -0.2) is 20.0 Å². The Morgan fingerprint density at radius 3 is 2.59 bits per heavy atom. The SMILES string of the molecule is Fc1ccc(Cn2nc(CNCc3cccnc3)c(-c3ccccc3)n2)c(Cl)c1. The van der Waals surface area contributed by atoms with E-state index in [2.05, 4.69) is 20.5 Å². The second-order valence-corrected chi connectivity index (χ2v) is 7.00. The number of halogens is 2. The summed E-state index contributed by atoms with van der Waals surface area (Å²) < 4.78 is 13.3. The van der Waals surface area contributed by atoms with Crippen molar-refractivity contribution >= 4 is 11.6 Å². The predicted molar refractivity (Wildman–Crippen MR) is 111 cm³/mol. The van der Waals surface area contributed by atoms with Gasteiger partial charge in [-0.25, -0.2) is 4.39 Å². The maximum Gasteiger partial charge on any atom is 0.124 e. The summed E-state index contributed by atoms with van der Waals surface area (Å²) in [6.07, 6.45) is 3.58. The fourth-order valence-corrected chi connectivity index (χ4v) is 3.25. The molecule has 0 aliphatic heterocycles. The summed E-state index contributed by atoms with van der Waals surface area (Å²) in [6.45, 7) is 1.59. The van der Waals surface area contributed by atoms with Crippen LogP contribution in [0.4, 0.5) is 4.39 Å². The van der Waals surface area contributed by atoms with Gasteiger partial charge in [-0.2, -0.15) is 15.0 Å². The topological polar surface area (TPSA) is 55.6 Å². The molecule has 0 bridgehead atoms. The lowest BCUT2D eigenvalue weighted by atomic mass is 10.1. The summed E-state index contributed by atoms with van der Waals surface area (Å²) in [6, 6.07) is 18.2. The molecule has 0 saturated carbocycles. The van der Waals surface area contributed by atoms with E-state index in [0.29, 0.717) is 24.7 Å². The van der Waals surface area contributed by atoms with E-state index in [1.165, 1.54) is 12.1 Å².